The highest BCUT2D eigenvalue weighted by Gasteiger charge is 2.16. The number of anilines is 1. The molecule has 2 aromatic heterocycles. The molecule has 0 aliphatic carbocycles. The average Bonchev–Trinajstić information content (AvgIpc) is 3.37. The number of hydrogen-bond donors (Lipinski definition) is 2. The van der Waals surface area contributed by atoms with E-state index in [1.54, 1.807) is 13.4 Å². The Labute approximate surface area is 188 Å². The highest BCUT2D eigenvalue weighted by molar-refractivity contribution is 7.80. The van der Waals surface area contributed by atoms with Gasteiger partial charge < -0.3 is 24.4 Å². The first kappa shape index (κ1) is 21.0. The lowest BCUT2D eigenvalue weighted by molar-refractivity contribution is 0.368. The van der Waals surface area contributed by atoms with Crippen LogP contribution in [0.5, 0.6) is 5.75 Å². The molecule has 6 heteroatoms. The fourth-order valence-electron chi connectivity index (χ4n) is 3.83. The molecule has 0 aliphatic rings. The third-order valence-corrected chi connectivity index (χ3v) is 5.80. The minimum absolute atomic E-state index is 0.607. The first-order chi connectivity index (χ1) is 15.0. The molecule has 0 amide bonds. The molecular weight excluding hydrogens is 406 g/mol. The van der Waals surface area contributed by atoms with Crippen molar-refractivity contribution in [3.8, 4) is 5.75 Å². The summed E-state index contributed by atoms with van der Waals surface area (Å²) in [7, 11) is 1.70. The molecule has 2 N–H and O–H groups in total. The van der Waals surface area contributed by atoms with Crippen LogP contribution in [0.25, 0.3) is 10.9 Å². The number of aromatic nitrogens is 1. The maximum Gasteiger partial charge on any atom is 0.173 e. The van der Waals surface area contributed by atoms with Crippen molar-refractivity contribution in [1.82, 2.24) is 9.88 Å². The predicted octanol–water partition coefficient (Wildman–Crippen LogP) is 5.83. The highest BCUT2D eigenvalue weighted by atomic mass is 32.1. The van der Waals surface area contributed by atoms with E-state index in [1.165, 1.54) is 22.2 Å². The van der Waals surface area contributed by atoms with Gasteiger partial charge in [-0.25, -0.2) is 0 Å². The maximum atomic E-state index is 5.78. The van der Waals surface area contributed by atoms with E-state index in [0.717, 1.165) is 35.7 Å². The second-order valence-electron chi connectivity index (χ2n) is 7.69. The molecule has 0 radical (unpaired) electrons. The van der Waals surface area contributed by atoms with Crippen molar-refractivity contribution in [3.05, 3.63) is 83.4 Å². The number of aromatic amines is 1. The molecule has 31 heavy (non-hydrogen) atoms. The lowest BCUT2D eigenvalue weighted by Gasteiger charge is -2.25. The van der Waals surface area contributed by atoms with Crippen LogP contribution in [0.4, 0.5) is 5.69 Å². The third-order valence-electron chi connectivity index (χ3n) is 5.44. The molecule has 0 aliphatic heterocycles. The normalized spacial score (nSPS) is 10.9. The second-order valence-corrected chi connectivity index (χ2v) is 8.08. The SMILES string of the molecule is COc1ccc2[nH]c(C)c(CCN(Cc3ccco3)C(=S)Nc3cccc(C)c3)c2c1. The molecule has 2 heterocycles. The van der Waals surface area contributed by atoms with E-state index in [4.69, 9.17) is 21.4 Å². The summed E-state index contributed by atoms with van der Waals surface area (Å²) in [5.74, 6) is 1.74. The van der Waals surface area contributed by atoms with E-state index in [9.17, 15) is 0 Å². The number of methoxy groups -OCH3 is 1. The van der Waals surface area contributed by atoms with Crippen molar-refractivity contribution < 1.29 is 9.15 Å². The van der Waals surface area contributed by atoms with Crippen LogP contribution in [-0.4, -0.2) is 28.7 Å². The van der Waals surface area contributed by atoms with Crippen LogP contribution in [0.2, 0.25) is 0 Å². The first-order valence-corrected chi connectivity index (χ1v) is 10.7. The second kappa shape index (κ2) is 9.27. The largest absolute Gasteiger partial charge is 0.497 e. The van der Waals surface area contributed by atoms with Crippen LogP contribution in [0.1, 0.15) is 22.6 Å². The van der Waals surface area contributed by atoms with Crippen molar-refractivity contribution >= 4 is 33.9 Å². The molecule has 4 aromatic rings. The van der Waals surface area contributed by atoms with Gasteiger partial charge in [-0.1, -0.05) is 12.1 Å². The van der Waals surface area contributed by atoms with Gasteiger partial charge >= 0.3 is 0 Å². The molecule has 0 bridgehead atoms. The number of ether oxygens (including phenoxy) is 1. The van der Waals surface area contributed by atoms with Crippen LogP contribution in [0.3, 0.4) is 0 Å². The summed E-state index contributed by atoms with van der Waals surface area (Å²) in [6.07, 6.45) is 2.54. The zero-order chi connectivity index (χ0) is 21.8. The molecule has 0 saturated carbocycles. The van der Waals surface area contributed by atoms with Gasteiger partial charge in [-0.05, 0) is 86.1 Å². The zero-order valence-corrected chi connectivity index (χ0v) is 18.9. The average molecular weight is 434 g/mol. The van der Waals surface area contributed by atoms with Crippen molar-refractivity contribution in [1.29, 1.82) is 0 Å². The number of nitrogens with zero attached hydrogens (tertiary/aromatic N) is 1. The minimum Gasteiger partial charge on any atom is -0.497 e. The van der Waals surface area contributed by atoms with Gasteiger partial charge in [-0.3, -0.25) is 0 Å². The van der Waals surface area contributed by atoms with E-state index < -0.39 is 0 Å². The fraction of sp³-hybridized carbons (Fsp3) is 0.240. The predicted molar refractivity (Wildman–Crippen MR) is 130 cm³/mol. The van der Waals surface area contributed by atoms with Crippen molar-refractivity contribution in [3.63, 3.8) is 0 Å². The van der Waals surface area contributed by atoms with Gasteiger partial charge in [0, 0.05) is 28.8 Å². The number of thiocarbonyl (C=S) groups is 1. The Bertz CT molecular complexity index is 1180. The summed E-state index contributed by atoms with van der Waals surface area (Å²) >= 11 is 5.78. The van der Waals surface area contributed by atoms with E-state index in [-0.39, 0.29) is 0 Å². The van der Waals surface area contributed by atoms with Crippen LogP contribution < -0.4 is 10.1 Å². The Morgan fingerprint density at radius 2 is 2.00 bits per heavy atom. The number of hydrogen-bond acceptors (Lipinski definition) is 3. The lowest BCUT2D eigenvalue weighted by atomic mass is 10.1. The quantitative estimate of drug-likeness (QED) is 0.359. The molecule has 4 rings (SSSR count). The van der Waals surface area contributed by atoms with Gasteiger partial charge in [-0.2, -0.15) is 0 Å². The summed E-state index contributed by atoms with van der Waals surface area (Å²) < 4.78 is 11.0. The number of nitrogens with one attached hydrogen (secondary N) is 2. The van der Waals surface area contributed by atoms with Gasteiger partial charge in [0.25, 0.3) is 0 Å². The van der Waals surface area contributed by atoms with Crippen LogP contribution in [0, 0.1) is 13.8 Å². The van der Waals surface area contributed by atoms with Crippen LogP contribution >= 0.6 is 12.2 Å². The standard InChI is InChI=1S/C25H27N3O2S/c1-17-6-4-7-19(14-17)27-25(31)28(16-21-8-5-13-30-21)12-11-22-18(2)26-24-10-9-20(29-3)15-23(22)24/h4-10,13-15,26H,11-12,16H2,1-3H3,(H,27,31). The minimum atomic E-state index is 0.607. The molecule has 0 saturated heterocycles. The molecule has 0 fully saturated rings. The summed E-state index contributed by atoms with van der Waals surface area (Å²) in [6, 6.07) is 18.2. The number of furan rings is 1. The fourth-order valence-corrected chi connectivity index (χ4v) is 4.10. The number of H-pyrrole nitrogens is 1. The third kappa shape index (κ3) is 4.91. The number of rotatable bonds is 7. The maximum absolute atomic E-state index is 5.78. The first-order valence-electron chi connectivity index (χ1n) is 10.3. The molecule has 0 unspecified atom stereocenters. The number of benzene rings is 2. The smallest absolute Gasteiger partial charge is 0.173 e. The summed E-state index contributed by atoms with van der Waals surface area (Å²) in [5.41, 5.74) is 5.73. The van der Waals surface area contributed by atoms with E-state index >= 15 is 0 Å². The van der Waals surface area contributed by atoms with Crippen molar-refractivity contribution in [2.45, 2.75) is 26.8 Å². The van der Waals surface area contributed by atoms with E-state index in [0.29, 0.717) is 11.7 Å². The summed E-state index contributed by atoms with van der Waals surface area (Å²) in [5, 5.41) is 5.25. The molecular formula is C25H27N3O2S. The molecule has 0 spiro atoms. The van der Waals surface area contributed by atoms with Crippen LogP contribution in [0.15, 0.2) is 65.3 Å². The summed E-state index contributed by atoms with van der Waals surface area (Å²) in [4.78, 5) is 5.63. The van der Waals surface area contributed by atoms with Gasteiger partial charge in [0.15, 0.2) is 5.11 Å². The Kier molecular flexibility index (Phi) is 6.28. The van der Waals surface area contributed by atoms with E-state index in [2.05, 4.69) is 53.3 Å². The van der Waals surface area contributed by atoms with Crippen molar-refractivity contribution in [2.24, 2.45) is 0 Å². The lowest BCUT2D eigenvalue weighted by Crippen LogP contribution is -2.35. The van der Waals surface area contributed by atoms with Gasteiger partial charge in [0.05, 0.1) is 19.9 Å². The topological polar surface area (TPSA) is 53.4 Å². The highest BCUT2D eigenvalue weighted by Crippen LogP contribution is 2.27. The Morgan fingerprint density at radius 3 is 2.74 bits per heavy atom. The Hall–Kier alpha value is -3.25. The van der Waals surface area contributed by atoms with E-state index in [1.807, 2.05) is 30.3 Å². The van der Waals surface area contributed by atoms with Crippen LogP contribution in [-0.2, 0) is 13.0 Å². The Balaban J connectivity index is 1.55. The van der Waals surface area contributed by atoms with Crippen molar-refractivity contribution in [2.75, 3.05) is 19.0 Å². The number of fused-ring (bicyclic) bond motifs is 1. The zero-order valence-electron chi connectivity index (χ0n) is 18.1. The molecule has 5 nitrogen and oxygen atoms in total. The number of aryl methyl sites for hydroxylation is 2. The Morgan fingerprint density at radius 1 is 1.13 bits per heavy atom. The molecule has 2 aromatic carbocycles. The van der Waals surface area contributed by atoms with Gasteiger partial charge in [-0.15, -0.1) is 0 Å². The van der Waals surface area contributed by atoms with Gasteiger partial charge in [0.1, 0.15) is 11.5 Å². The molecule has 160 valence electrons. The summed E-state index contributed by atoms with van der Waals surface area (Å²) in [6.45, 7) is 5.55. The molecule has 0 atom stereocenters. The monoisotopic (exact) mass is 433 g/mol. The van der Waals surface area contributed by atoms with Gasteiger partial charge in [0.2, 0.25) is 0 Å².